The number of hydrogen-bond acceptors (Lipinski definition) is 0. The van der Waals surface area contributed by atoms with E-state index in [1.54, 1.807) is 0 Å². The highest BCUT2D eigenvalue weighted by Crippen LogP contribution is 2.57. The lowest BCUT2D eigenvalue weighted by Gasteiger charge is -2.36. The van der Waals surface area contributed by atoms with Crippen LogP contribution in [0.4, 0.5) is 0 Å². The van der Waals surface area contributed by atoms with E-state index < -0.39 is 0 Å². The summed E-state index contributed by atoms with van der Waals surface area (Å²) in [4.78, 5) is 0. The van der Waals surface area contributed by atoms with Gasteiger partial charge in [0.1, 0.15) is 0 Å². The fraction of sp³-hybridized carbons (Fsp3) is 0.385. The third-order valence-electron chi connectivity index (χ3n) is 8.94. The van der Waals surface area contributed by atoms with Crippen molar-refractivity contribution in [1.29, 1.82) is 0 Å². The number of aryl methyl sites for hydroxylation is 2. The van der Waals surface area contributed by atoms with Gasteiger partial charge in [-0.3, -0.25) is 0 Å². The zero-order valence-electron chi connectivity index (χ0n) is 25.7. The first kappa shape index (κ1) is 27.4. The van der Waals surface area contributed by atoms with Crippen molar-refractivity contribution in [2.45, 2.75) is 98.3 Å². The van der Waals surface area contributed by atoms with Gasteiger partial charge in [0.2, 0.25) is 0 Å². The summed E-state index contributed by atoms with van der Waals surface area (Å²) in [7, 11) is 0. The zero-order chi connectivity index (χ0) is 28.2. The molecule has 0 atom stereocenters. The lowest BCUT2D eigenvalue weighted by atomic mass is 9.65. The molecule has 0 bridgehead atoms. The van der Waals surface area contributed by atoms with Gasteiger partial charge in [0.05, 0.1) is 5.41 Å². The molecule has 0 saturated carbocycles. The van der Waals surface area contributed by atoms with E-state index in [-0.39, 0.29) is 5.41 Å². The maximum atomic E-state index is 2.52. The summed E-state index contributed by atoms with van der Waals surface area (Å²) in [5.74, 6) is 1.84. The van der Waals surface area contributed by atoms with E-state index in [2.05, 4.69) is 142 Å². The average molecular weight is 515 g/mol. The molecule has 0 saturated heterocycles. The molecule has 0 unspecified atom stereocenters. The molecule has 0 nitrogen and oxygen atoms in total. The molecule has 0 heteroatoms. The highest BCUT2D eigenvalue weighted by Gasteiger charge is 2.47. The van der Waals surface area contributed by atoms with Gasteiger partial charge in [-0.25, -0.2) is 0 Å². The molecule has 0 amide bonds. The Morgan fingerprint density at radius 1 is 0.410 bits per heavy atom. The van der Waals surface area contributed by atoms with Gasteiger partial charge in [-0.05, 0) is 93.2 Å². The summed E-state index contributed by atoms with van der Waals surface area (Å²) < 4.78 is 0. The van der Waals surface area contributed by atoms with Crippen LogP contribution in [0.15, 0.2) is 72.8 Å². The van der Waals surface area contributed by atoms with Crippen molar-refractivity contribution in [2.75, 3.05) is 0 Å². The van der Waals surface area contributed by atoms with Crippen molar-refractivity contribution in [2.24, 2.45) is 0 Å². The second-order valence-corrected chi connectivity index (χ2v) is 13.2. The largest absolute Gasteiger partial charge is 0.0714 e. The molecule has 0 spiro atoms. The summed E-state index contributed by atoms with van der Waals surface area (Å²) in [5.41, 5.74) is 16.4. The van der Waals surface area contributed by atoms with Crippen molar-refractivity contribution in [1.82, 2.24) is 0 Å². The lowest BCUT2D eigenvalue weighted by Crippen LogP contribution is -2.30. The maximum absolute atomic E-state index is 2.52. The third kappa shape index (κ3) is 4.57. The first-order chi connectivity index (χ1) is 18.4. The minimum Gasteiger partial charge on any atom is -0.0587 e. The third-order valence-corrected chi connectivity index (χ3v) is 8.94. The average Bonchev–Trinajstić information content (AvgIpc) is 3.17. The van der Waals surface area contributed by atoms with E-state index in [0.717, 1.165) is 0 Å². The van der Waals surface area contributed by atoms with Crippen molar-refractivity contribution >= 4 is 0 Å². The predicted octanol–water partition coefficient (Wildman–Crippen LogP) is 11.2. The second kappa shape index (κ2) is 10.1. The van der Waals surface area contributed by atoms with Gasteiger partial charge < -0.3 is 0 Å². The van der Waals surface area contributed by atoms with E-state index in [0.29, 0.717) is 23.7 Å². The number of fused-ring (bicyclic) bond motifs is 3. The molecule has 39 heavy (non-hydrogen) atoms. The van der Waals surface area contributed by atoms with E-state index in [9.17, 15) is 0 Å². The quantitative estimate of drug-likeness (QED) is 0.211. The monoisotopic (exact) mass is 514 g/mol. The Bertz CT molecular complexity index is 1360. The predicted molar refractivity (Wildman–Crippen MR) is 170 cm³/mol. The summed E-state index contributed by atoms with van der Waals surface area (Å²) >= 11 is 0. The molecule has 0 N–H and O–H groups in total. The molecule has 0 fully saturated rings. The van der Waals surface area contributed by atoms with Gasteiger partial charge >= 0.3 is 0 Å². The molecule has 0 heterocycles. The van der Waals surface area contributed by atoms with Gasteiger partial charge in [0.15, 0.2) is 0 Å². The number of hydrogen-bond donors (Lipinski definition) is 0. The van der Waals surface area contributed by atoms with Crippen LogP contribution >= 0.6 is 0 Å². The van der Waals surface area contributed by atoms with Gasteiger partial charge in [-0.1, -0.05) is 139 Å². The molecule has 0 radical (unpaired) electrons. The van der Waals surface area contributed by atoms with Crippen molar-refractivity contribution in [3.05, 3.63) is 128 Å². The van der Waals surface area contributed by atoms with Crippen LogP contribution in [-0.2, 0) is 5.41 Å². The Morgan fingerprint density at radius 3 is 1.00 bits per heavy atom. The van der Waals surface area contributed by atoms with Crippen LogP contribution in [0.1, 0.15) is 135 Å². The van der Waals surface area contributed by atoms with Crippen LogP contribution in [-0.4, -0.2) is 0 Å². The summed E-state index contributed by atoms with van der Waals surface area (Å²) in [6, 6.07) is 29.2. The Labute approximate surface area is 237 Å². The Hall–Kier alpha value is -3.12. The second-order valence-electron chi connectivity index (χ2n) is 13.2. The molecule has 202 valence electrons. The van der Waals surface area contributed by atoms with Crippen LogP contribution in [0.2, 0.25) is 0 Å². The highest BCUT2D eigenvalue weighted by molar-refractivity contribution is 5.87. The van der Waals surface area contributed by atoms with Crippen LogP contribution < -0.4 is 0 Å². The highest BCUT2D eigenvalue weighted by atomic mass is 14.5. The molecule has 1 aliphatic rings. The van der Waals surface area contributed by atoms with E-state index >= 15 is 0 Å². The minimum atomic E-state index is -0.369. The summed E-state index contributed by atoms with van der Waals surface area (Å²) in [6.45, 7) is 23.1. The maximum Gasteiger partial charge on any atom is 0.0714 e. The summed E-state index contributed by atoms with van der Waals surface area (Å²) in [5, 5.41) is 0. The van der Waals surface area contributed by atoms with Gasteiger partial charge in [0.25, 0.3) is 0 Å². The first-order valence-electron chi connectivity index (χ1n) is 15.0. The summed E-state index contributed by atoms with van der Waals surface area (Å²) in [6.07, 6.45) is 0. The Balaban J connectivity index is 2.03. The standard InChI is InChI=1S/C39H46/c1-23(2)29-17-30(24(3)4)20-33(19-29)39(34-21-31(25(5)6)18-32(22-34)26(7)8)37-15-27(9)11-13-35(37)36-14-12-28(10)16-38(36)39/h11-26H,1-10H3. The Kier molecular flexibility index (Phi) is 7.13. The van der Waals surface area contributed by atoms with Gasteiger partial charge in [0, 0.05) is 0 Å². The van der Waals surface area contributed by atoms with Crippen molar-refractivity contribution < 1.29 is 0 Å². The van der Waals surface area contributed by atoms with Crippen LogP contribution in [0.5, 0.6) is 0 Å². The fourth-order valence-electron chi connectivity index (χ4n) is 6.46. The molecule has 0 aromatic heterocycles. The zero-order valence-corrected chi connectivity index (χ0v) is 25.7. The van der Waals surface area contributed by atoms with Crippen molar-refractivity contribution in [3.8, 4) is 11.1 Å². The molecular formula is C39H46. The van der Waals surface area contributed by atoms with E-state index in [4.69, 9.17) is 0 Å². The smallest absolute Gasteiger partial charge is 0.0587 e. The van der Waals surface area contributed by atoms with Crippen LogP contribution in [0, 0.1) is 13.8 Å². The molecule has 4 aromatic rings. The normalized spacial score (nSPS) is 14.0. The van der Waals surface area contributed by atoms with Crippen LogP contribution in [0.25, 0.3) is 11.1 Å². The molecule has 0 aliphatic heterocycles. The first-order valence-corrected chi connectivity index (χ1v) is 15.0. The minimum absolute atomic E-state index is 0.369. The molecule has 1 aliphatic carbocycles. The number of rotatable bonds is 6. The van der Waals surface area contributed by atoms with Gasteiger partial charge in [-0.15, -0.1) is 0 Å². The van der Waals surface area contributed by atoms with E-state index in [1.165, 1.54) is 66.8 Å². The molecule has 4 aromatic carbocycles. The van der Waals surface area contributed by atoms with E-state index in [1.807, 2.05) is 0 Å². The topological polar surface area (TPSA) is 0 Å². The fourth-order valence-corrected chi connectivity index (χ4v) is 6.46. The van der Waals surface area contributed by atoms with Gasteiger partial charge in [-0.2, -0.15) is 0 Å². The SMILES string of the molecule is Cc1ccc2c(c1)C(c1cc(C(C)C)cc(C(C)C)c1)(c1cc(C(C)C)cc(C(C)C)c1)c1cc(C)ccc1-2. The van der Waals surface area contributed by atoms with Crippen molar-refractivity contribution in [3.63, 3.8) is 0 Å². The Morgan fingerprint density at radius 2 is 0.718 bits per heavy atom. The lowest BCUT2D eigenvalue weighted by molar-refractivity contribution is 0.736. The molecular weight excluding hydrogens is 468 g/mol. The van der Waals surface area contributed by atoms with Crippen LogP contribution in [0.3, 0.4) is 0 Å². The molecule has 5 rings (SSSR count). The number of benzene rings is 4.